The third-order valence-corrected chi connectivity index (χ3v) is 4.16. The summed E-state index contributed by atoms with van der Waals surface area (Å²) in [6, 6.07) is 0. The van der Waals surface area contributed by atoms with Crippen molar-refractivity contribution in [1.29, 1.82) is 0 Å². The third kappa shape index (κ3) is 3.50. The van der Waals surface area contributed by atoms with Crippen LogP contribution in [0.25, 0.3) is 0 Å². The molecular weight excluding hydrogens is 331 g/mol. The fraction of sp³-hybridized carbons (Fsp3) is 0.643. The van der Waals surface area contributed by atoms with E-state index in [1.165, 1.54) is 19.3 Å². The Labute approximate surface area is 135 Å². The summed E-state index contributed by atoms with van der Waals surface area (Å²) in [6.45, 7) is 1.75. The van der Waals surface area contributed by atoms with Crippen molar-refractivity contribution in [3.05, 3.63) is 18.2 Å². The van der Waals surface area contributed by atoms with Crippen LogP contribution in [-0.2, 0) is 9.53 Å². The molecule has 1 aromatic rings. The van der Waals surface area contributed by atoms with Gasteiger partial charge in [0.05, 0.1) is 24.7 Å². The van der Waals surface area contributed by atoms with Crippen LogP contribution in [-0.4, -0.2) is 50.6 Å². The number of aliphatic hydroxyl groups is 2. The Morgan fingerprint density at radius 1 is 1.50 bits per heavy atom. The molecule has 0 spiro atoms. The number of rotatable bonds is 4. The van der Waals surface area contributed by atoms with Crippen LogP contribution in [0.4, 0.5) is 18.9 Å². The van der Waals surface area contributed by atoms with Gasteiger partial charge < -0.3 is 20.3 Å². The zero-order chi connectivity index (χ0) is 18.1. The molecule has 1 saturated heterocycles. The number of carbonyl (C=O) groups excluding carboxylic acids is 1. The largest absolute Gasteiger partial charge is 0.417 e. The van der Waals surface area contributed by atoms with Gasteiger partial charge in [-0.15, -0.1) is 0 Å². The molecule has 2 rings (SSSR count). The van der Waals surface area contributed by atoms with Gasteiger partial charge in [-0.05, 0) is 19.3 Å². The molecule has 2 heterocycles. The van der Waals surface area contributed by atoms with Gasteiger partial charge in [0.2, 0.25) is 0 Å². The van der Waals surface area contributed by atoms with Crippen molar-refractivity contribution in [3.8, 4) is 0 Å². The van der Waals surface area contributed by atoms with Crippen LogP contribution in [0, 0.1) is 5.92 Å². The maximum atomic E-state index is 13.1. The minimum atomic E-state index is -4.58. The second-order valence-corrected chi connectivity index (χ2v) is 5.87. The van der Waals surface area contributed by atoms with E-state index in [4.69, 9.17) is 9.84 Å². The number of halogens is 3. The van der Waals surface area contributed by atoms with Crippen LogP contribution in [0.5, 0.6) is 0 Å². The van der Waals surface area contributed by atoms with E-state index in [2.05, 4.69) is 15.3 Å². The Morgan fingerprint density at radius 2 is 2.08 bits per heavy atom. The van der Waals surface area contributed by atoms with Crippen molar-refractivity contribution in [2.75, 3.05) is 11.9 Å². The number of hydrogen-bond acceptors (Lipinski definition) is 6. The predicted molar refractivity (Wildman–Crippen MR) is 75.8 cm³/mol. The number of aliphatic hydroxyl groups excluding tert-OH is 2. The molecule has 1 aromatic heterocycles. The highest BCUT2D eigenvalue weighted by atomic mass is 19.4. The Kier molecular flexibility index (Phi) is 5.11. The van der Waals surface area contributed by atoms with Gasteiger partial charge >= 0.3 is 6.18 Å². The quantitative estimate of drug-likeness (QED) is 0.754. The molecule has 0 saturated carbocycles. The number of hydrogen-bond donors (Lipinski definition) is 3. The minimum Gasteiger partial charge on any atom is -0.393 e. The van der Waals surface area contributed by atoms with E-state index in [0.717, 1.165) is 6.92 Å². The van der Waals surface area contributed by atoms with Crippen LogP contribution in [0.15, 0.2) is 12.4 Å². The summed E-state index contributed by atoms with van der Waals surface area (Å²) >= 11 is 0. The number of ether oxygens (including phenoxy) is 1. The topological polar surface area (TPSA) is 105 Å². The molecule has 1 amide bonds. The highest BCUT2D eigenvalue weighted by Gasteiger charge is 2.61. The summed E-state index contributed by atoms with van der Waals surface area (Å²) < 4.78 is 44.3. The lowest BCUT2D eigenvalue weighted by Crippen LogP contribution is -2.47. The number of alkyl halides is 3. The predicted octanol–water partition coefficient (Wildman–Crippen LogP) is 1.19. The first-order chi connectivity index (χ1) is 11.1. The number of amides is 1. The highest BCUT2D eigenvalue weighted by molar-refractivity contribution is 5.94. The van der Waals surface area contributed by atoms with Crippen LogP contribution in [0.3, 0.4) is 0 Å². The van der Waals surface area contributed by atoms with E-state index in [-0.39, 0.29) is 17.9 Å². The maximum absolute atomic E-state index is 13.1. The van der Waals surface area contributed by atoms with Gasteiger partial charge in [0, 0.05) is 0 Å². The van der Waals surface area contributed by atoms with E-state index in [9.17, 15) is 23.1 Å². The summed E-state index contributed by atoms with van der Waals surface area (Å²) in [7, 11) is 0. The molecule has 24 heavy (non-hydrogen) atoms. The third-order valence-electron chi connectivity index (χ3n) is 4.16. The van der Waals surface area contributed by atoms with Crippen molar-refractivity contribution in [2.24, 2.45) is 5.92 Å². The summed E-state index contributed by atoms with van der Waals surface area (Å²) in [5.41, 5.74) is -2.23. The smallest absolute Gasteiger partial charge is 0.393 e. The van der Waals surface area contributed by atoms with Gasteiger partial charge in [0.1, 0.15) is 12.2 Å². The standard InChI is InChI=1S/C14H18F3N3O4/c1-7-3-10(24-13(7,2)14(15,16)17)12(23)20-8-4-18-11(19-5-8)9(22)6-21/h4-5,7,9-10,21-22H,3,6H2,1-2H3,(H,20,23)/t7?,9-,10?,13?/m1/s1. The molecule has 3 N–H and O–H groups in total. The van der Waals surface area contributed by atoms with Gasteiger partial charge in [-0.3, -0.25) is 4.79 Å². The molecule has 7 nitrogen and oxygen atoms in total. The fourth-order valence-corrected chi connectivity index (χ4v) is 2.39. The number of anilines is 1. The monoisotopic (exact) mass is 349 g/mol. The van der Waals surface area contributed by atoms with Crippen molar-refractivity contribution in [1.82, 2.24) is 9.97 Å². The van der Waals surface area contributed by atoms with Gasteiger partial charge in [-0.1, -0.05) is 6.92 Å². The Morgan fingerprint density at radius 3 is 2.54 bits per heavy atom. The summed E-state index contributed by atoms with van der Waals surface area (Å²) in [5, 5.41) is 20.5. The van der Waals surface area contributed by atoms with Gasteiger partial charge in [-0.2, -0.15) is 13.2 Å². The second-order valence-electron chi connectivity index (χ2n) is 5.87. The Hall–Kier alpha value is -1.78. The Balaban J connectivity index is 2.03. The first-order valence-corrected chi connectivity index (χ1v) is 7.24. The van der Waals surface area contributed by atoms with E-state index in [1.807, 2.05) is 0 Å². The van der Waals surface area contributed by atoms with E-state index in [0.29, 0.717) is 0 Å². The van der Waals surface area contributed by atoms with E-state index in [1.54, 1.807) is 0 Å². The van der Waals surface area contributed by atoms with Crippen LogP contribution >= 0.6 is 0 Å². The van der Waals surface area contributed by atoms with Crippen LogP contribution < -0.4 is 5.32 Å². The molecule has 0 bridgehead atoms. The van der Waals surface area contributed by atoms with E-state index >= 15 is 0 Å². The number of carbonyl (C=O) groups is 1. The minimum absolute atomic E-state index is 0.0362. The maximum Gasteiger partial charge on any atom is 0.417 e. The van der Waals surface area contributed by atoms with Crippen LogP contribution in [0.1, 0.15) is 32.2 Å². The molecule has 3 unspecified atom stereocenters. The Bertz CT molecular complexity index is 596. The molecule has 1 aliphatic rings. The summed E-state index contributed by atoms with van der Waals surface area (Å²) in [4.78, 5) is 19.6. The first-order valence-electron chi connectivity index (χ1n) is 7.24. The number of nitrogens with one attached hydrogen (secondary N) is 1. The normalized spacial score (nSPS) is 28.6. The fourth-order valence-electron chi connectivity index (χ4n) is 2.39. The molecule has 4 atom stereocenters. The SMILES string of the molecule is CC1CC(C(=O)Nc2cnc([C@H](O)CO)nc2)OC1(C)C(F)(F)F. The first kappa shape index (κ1) is 18.6. The van der Waals surface area contributed by atoms with E-state index < -0.39 is 42.4 Å². The van der Waals surface area contributed by atoms with Crippen LogP contribution in [0.2, 0.25) is 0 Å². The lowest BCUT2D eigenvalue weighted by molar-refractivity contribution is -0.272. The molecule has 0 radical (unpaired) electrons. The van der Waals surface area contributed by atoms with Gasteiger partial charge in [0.25, 0.3) is 5.91 Å². The molecule has 1 aliphatic heterocycles. The lowest BCUT2D eigenvalue weighted by Gasteiger charge is -2.30. The zero-order valence-electron chi connectivity index (χ0n) is 13.0. The lowest BCUT2D eigenvalue weighted by atomic mass is 9.89. The molecular formula is C14H18F3N3O4. The van der Waals surface area contributed by atoms with Crippen molar-refractivity contribution >= 4 is 11.6 Å². The van der Waals surface area contributed by atoms with Gasteiger partial charge in [0.15, 0.2) is 11.4 Å². The highest BCUT2D eigenvalue weighted by Crippen LogP contribution is 2.46. The molecule has 0 aromatic carbocycles. The molecule has 134 valence electrons. The van der Waals surface area contributed by atoms with Crippen molar-refractivity contribution in [3.63, 3.8) is 0 Å². The summed E-state index contributed by atoms with van der Waals surface area (Å²) in [5.74, 6) is -1.63. The second kappa shape index (κ2) is 6.61. The average molecular weight is 349 g/mol. The van der Waals surface area contributed by atoms with Crippen molar-refractivity contribution in [2.45, 2.75) is 44.3 Å². The average Bonchev–Trinajstić information content (AvgIpc) is 2.84. The molecule has 10 heteroatoms. The van der Waals surface area contributed by atoms with Gasteiger partial charge in [-0.25, -0.2) is 9.97 Å². The number of nitrogens with zero attached hydrogens (tertiary/aromatic N) is 2. The zero-order valence-corrected chi connectivity index (χ0v) is 13.0. The van der Waals surface area contributed by atoms with Crippen molar-refractivity contribution < 1.29 is 32.9 Å². The number of aromatic nitrogens is 2. The molecule has 1 fully saturated rings. The summed E-state index contributed by atoms with van der Waals surface area (Å²) in [6.07, 6.45) is -4.77. The molecule has 0 aliphatic carbocycles.